The molecule has 98 valence electrons. The van der Waals surface area contributed by atoms with Gasteiger partial charge in [-0.1, -0.05) is 35.9 Å². The molecule has 1 aliphatic heterocycles. The lowest BCUT2D eigenvalue weighted by Crippen LogP contribution is -2.31. The van der Waals surface area contributed by atoms with Crippen LogP contribution in [0.5, 0.6) is 0 Å². The molecular formula is C15H14ClNO2. The van der Waals surface area contributed by atoms with Gasteiger partial charge in [0.05, 0.1) is 17.5 Å². The van der Waals surface area contributed by atoms with Crippen molar-refractivity contribution in [2.75, 3.05) is 4.90 Å². The van der Waals surface area contributed by atoms with E-state index in [4.69, 9.17) is 11.6 Å². The third-order valence-corrected chi connectivity index (χ3v) is 4.23. The average Bonchev–Trinajstić information content (AvgIpc) is 2.63. The highest BCUT2D eigenvalue weighted by atomic mass is 35.5. The van der Waals surface area contributed by atoms with Gasteiger partial charge < -0.3 is 0 Å². The number of aryl methyl sites for hydroxylation is 1. The van der Waals surface area contributed by atoms with Crippen molar-refractivity contribution < 1.29 is 9.59 Å². The number of nitrogens with zero attached hydrogens (tertiary/aromatic N) is 1. The van der Waals surface area contributed by atoms with Gasteiger partial charge in [0.1, 0.15) is 0 Å². The van der Waals surface area contributed by atoms with Gasteiger partial charge >= 0.3 is 0 Å². The summed E-state index contributed by atoms with van der Waals surface area (Å²) in [4.78, 5) is 26.3. The summed E-state index contributed by atoms with van der Waals surface area (Å²) >= 11 is 6.00. The maximum Gasteiger partial charge on any atom is 0.238 e. The van der Waals surface area contributed by atoms with E-state index in [-0.39, 0.29) is 23.7 Å². The van der Waals surface area contributed by atoms with Crippen molar-refractivity contribution >= 4 is 29.1 Å². The predicted octanol–water partition coefficient (Wildman–Crippen LogP) is 3.02. The molecule has 4 heteroatoms. The van der Waals surface area contributed by atoms with Crippen molar-refractivity contribution in [2.45, 2.75) is 19.8 Å². The molecule has 3 rings (SSSR count). The summed E-state index contributed by atoms with van der Waals surface area (Å²) in [5, 5.41) is 0.689. The third kappa shape index (κ3) is 1.89. The lowest BCUT2D eigenvalue weighted by atomic mass is 9.85. The van der Waals surface area contributed by atoms with Crippen LogP contribution in [0.2, 0.25) is 0 Å². The minimum Gasteiger partial charge on any atom is -0.274 e. The molecule has 1 aliphatic carbocycles. The molecule has 19 heavy (non-hydrogen) atoms. The Kier molecular flexibility index (Phi) is 2.94. The number of fused-ring (bicyclic) bond motifs is 1. The topological polar surface area (TPSA) is 37.4 Å². The van der Waals surface area contributed by atoms with E-state index in [0.717, 1.165) is 5.56 Å². The summed E-state index contributed by atoms with van der Waals surface area (Å²) in [6.07, 6.45) is 2.91. The fraction of sp³-hybridized carbons (Fsp3) is 0.333. The standard InChI is InChI=1S/C15H14ClNO2/c1-9-4-2-3-5-13(9)17-14(18)11-7-6-10(16)8-12(11)15(17)19/h2-6,11-12H,7-8H2,1H3/t11-,12-/m1/s1. The average molecular weight is 276 g/mol. The molecule has 0 unspecified atom stereocenters. The van der Waals surface area contributed by atoms with Gasteiger partial charge in [-0.3, -0.25) is 9.59 Å². The third-order valence-electron chi connectivity index (χ3n) is 3.93. The first kappa shape index (κ1) is 12.4. The van der Waals surface area contributed by atoms with Gasteiger partial charge in [-0.25, -0.2) is 4.90 Å². The molecule has 2 aliphatic rings. The molecule has 0 N–H and O–H groups in total. The number of amides is 2. The van der Waals surface area contributed by atoms with Crippen molar-refractivity contribution in [2.24, 2.45) is 11.8 Å². The molecule has 1 aromatic carbocycles. The number of anilines is 1. The number of rotatable bonds is 1. The Morgan fingerprint density at radius 3 is 2.58 bits per heavy atom. The van der Waals surface area contributed by atoms with E-state index >= 15 is 0 Å². The maximum atomic E-state index is 12.5. The zero-order valence-corrected chi connectivity index (χ0v) is 11.4. The Morgan fingerprint density at radius 2 is 1.84 bits per heavy atom. The number of hydrogen-bond donors (Lipinski definition) is 0. The minimum atomic E-state index is -0.287. The van der Waals surface area contributed by atoms with E-state index in [1.54, 1.807) is 0 Å². The summed E-state index contributed by atoms with van der Waals surface area (Å²) in [6, 6.07) is 7.46. The zero-order chi connectivity index (χ0) is 13.6. The molecule has 0 saturated carbocycles. The van der Waals surface area contributed by atoms with Gasteiger partial charge in [-0.05, 0) is 31.4 Å². The Bertz CT molecular complexity index is 594. The molecule has 2 amide bonds. The minimum absolute atomic E-state index is 0.0929. The Labute approximate surface area is 116 Å². The number of carbonyl (C=O) groups excluding carboxylic acids is 2. The molecule has 1 fully saturated rings. The molecule has 3 nitrogen and oxygen atoms in total. The quantitative estimate of drug-likeness (QED) is 0.739. The predicted molar refractivity (Wildman–Crippen MR) is 73.8 cm³/mol. The number of benzene rings is 1. The summed E-state index contributed by atoms with van der Waals surface area (Å²) in [7, 11) is 0. The van der Waals surface area contributed by atoms with Crippen LogP contribution in [0.25, 0.3) is 0 Å². The lowest BCUT2D eigenvalue weighted by Gasteiger charge is -2.17. The van der Waals surface area contributed by atoms with E-state index in [2.05, 4.69) is 0 Å². The van der Waals surface area contributed by atoms with Gasteiger partial charge in [0.25, 0.3) is 0 Å². The van der Waals surface area contributed by atoms with Crippen LogP contribution in [0.3, 0.4) is 0 Å². The Hall–Kier alpha value is -1.61. The SMILES string of the molecule is Cc1ccccc1N1C(=O)[C@@H]2CC=C(Cl)C[C@H]2C1=O. The lowest BCUT2D eigenvalue weighted by molar-refractivity contribution is -0.122. The fourth-order valence-electron chi connectivity index (χ4n) is 2.88. The number of hydrogen-bond acceptors (Lipinski definition) is 2. The van der Waals surface area contributed by atoms with Crippen LogP contribution in [0.15, 0.2) is 35.4 Å². The summed E-state index contributed by atoms with van der Waals surface area (Å²) < 4.78 is 0. The summed E-state index contributed by atoms with van der Waals surface area (Å²) in [6.45, 7) is 1.91. The van der Waals surface area contributed by atoms with Gasteiger partial charge in [0.15, 0.2) is 0 Å². The Morgan fingerprint density at radius 1 is 1.16 bits per heavy atom. The highest BCUT2D eigenvalue weighted by molar-refractivity contribution is 6.30. The molecule has 0 aromatic heterocycles. The molecule has 1 heterocycles. The second kappa shape index (κ2) is 4.49. The van der Waals surface area contributed by atoms with Crippen molar-refractivity contribution in [3.05, 3.63) is 40.9 Å². The molecule has 2 atom stereocenters. The number of allylic oxidation sites excluding steroid dienone is 2. The largest absolute Gasteiger partial charge is 0.274 e. The maximum absolute atomic E-state index is 12.5. The second-order valence-corrected chi connectivity index (χ2v) is 5.59. The van der Waals surface area contributed by atoms with E-state index in [1.807, 2.05) is 37.3 Å². The van der Waals surface area contributed by atoms with E-state index < -0.39 is 0 Å². The van der Waals surface area contributed by atoms with Crippen molar-refractivity contribution in [1.82, 2.24) is 0 Å². The fourth-order valence-corrected chi connectivity index (χ4v) is 3.13. The van der Waals surface area contributed by atoms with Gasteiger partial charge in [-0.15, -0.1) is 0 Å². The van der Waals surface area contributed by atoms with Gasteiger partial charge in [0, 0.05) is 5.03 Å². The van der Waals surface area contributed by atoms with Crippen molar-refractivity contribution in [1.29, 1.82) is 0 Å². The number of carbonyl (C=O) groups is 2. The van der Waals surface area contributed by atoms with Crippen molar-refractivity contribution in [3.8, 4) is 0 Å². The first-order chi connectivity index (χ1) is 9.09. The summed E-state index contributed by atoms with van der Waals surface area (Å²) in [5.41, 5.74) is 1.63. The first-order valence-electron chi connectivity index (χ1n) is 6.37. The molecule has 0 radical (unpaired) electrons. The smallest absolute Gasteiger partial charge is 0.238 e. The molecule has 1 saturated heterocycles. The summed E-state index contributed by atoms with van der Waals surface area (Å²) in [5.74, 6) is -0.737. The van der Waals surface area contributed by atoms with Gasteiger partial charge in [-0.2, -0.15) is 0 Å². The van der Waals surface area contributed by atoms with E-state index in [0.29, 0.717) is 23.6 Å². The zero-order valence-electron chi connectivity index (χ0n) is 10.6. The van der Waals surface area contributed by atoms with Crippen LogP contribution in [0.1, 0.15) is 18.4 Å². The van der Waals surface area contributed by atoms with Crippen LogP contribution in [0.4, 0.5) is 5.69 Å². The van der Waals surface area contributed by atoms with E-state index in [9.17, 15) is 9.59 Å². The second-order valence-electron chi connectivity index (χ2n) is 5.10. The van der Waals surface area contributed by atoms with Crippen LogP contribution in [0, 0.1) is 18.8 Å². The highest BCUT2D eigenvalue weighted by Crippen LogP contribution is 2.41. The van der Waals surface area contributed by atoms with E-state index in [1.165, 1.54) is 4.90 Å². The highest BCUT2D eigenvalue weighted by Gasteiger charge is 2.49. The molecular weight excluding hydrogens is 262 g/mol. The van der Waals surface area contributed by atoms with Crippen LogP contribution in [-0.4, -0.2) is 11.8 Å². The number of halogens is 1. The van der Waals surface area contributed by atoms with Crippen molar-refractivity contribution in [3.63, 3.8) is 0 Å². The normalized spacial score (nSPS) is 26.4. The number of para-hydroxylation sites is 1. The van der Waals surface area contributed by atoms with Crippen LogP contribution < -0.4 is 4.90 Å². The van der Waals surface area contributed by atoms with Crippen LogP contribution in [-0.2, 0) is 9.59 Å². The molecule has 1 aromatic rings. The monoisotopic (exact) mass is 275 g/mol. The molecule has 0 spiro atoms. The first-order valence-corrected chi connectivity index (χ1v) is 6.75. The Balaban J connectivity index is 2.00. The van der Waals surface area contributed by atoms with Crippen LogP contribution >= 0.6 is 11.6 Å². The van der Waals surface area contributed by atoms with Gasteiger partial charge in [0.2, 0.25) is 11.8 Å². The number of imide groups is 1. The molecule has 0 bridgehead atoms.